The number of pyridine rings is 1. The zero-order chi connectivity index (χ0) is 32.5. The summed E-state index contributed by atoms with van der Waals surface area (Å²) in [6.07, 6.45) is 2.89. The van der Waals surface area contributed by atoms with Crippen molar-refractivity contribution in [3.05, 3.63) is 72.4 Å². The molecule has 4 aromatic rings. The molecule has 11 heteroatoms. The number of carbonyl (C=O) groups excluding carboxylic acids is 1. The predicted octanol–water partition coefficient (Wildman–Crippen LogP) is 5.65. The second-order valence-corrected chi connectivity index (χ2v) is 11.1. The molecular formula is C35H39N5O6. The van der Waals surface area contributed by atoms with Crippen LogP contribution in [0, 0.1) is 11.3 Å². The van der Waals surface area contributed by atoms with Crippen molar-refractivity contribution in [2.24, 2.45) is 0 Å². The summed E-state index contributed by atoms with van der Waals surface area (Å²) in [6.45, 7) is 7.47. The van der Waals surface area contributed by atoms with Crippen LogP contribution in [0.15, 0.2) is 66.9 Å². The van der Waals surface area contributed by atoms with Crippen molar-refractivity contribution in [3.63, 3.8) is 0 Å². The Balaban J connectivity index is 1.24. The summed E-state index contributed by atoms with van der Waals surface area (Å²) in [4.78, 5) is 18.3. The number of methoxy groups -OCH3 is 1. The Morgan fingerprint density at radius 1 is 1.00 bits per heavy atom. The van der Waals surface area contributed by atoms with Crippen molar-refractivity contribution in [3.8, 4) is 34.8 Å². The minimum absolute atomic E-state index is 0.0537. The summed E-state index contributed by atoms with van der Waals surface area (Å²) in [6, 6.07) is 20.4. The summed E-state index contributed by atoms with van der Waals surface area (Å²) in [5.74, 6) is 2.78. The quantitative estimate of drug-likeness (QED) is 0.180. The Hall–Kier alpha value is -5.05. The van der Waals surface area contributed by atoms with Crippen molar-refractivity contribution in [2.75, 3.05) is 52.3 Å². The zero-order valence-corrected chi connectivity index (χ0v) is 26.5. The molecule has 0 spiro atoms. The van der Waals surface area contributed by atoms with Gasteiger partial charge in [0.1, 0.15) is 23.3 Å². The molecule has 1 aromatic heterocycles. The normalized spacial score (nSPS) is 16.3. The van der Waals surface area contributed by atoms with Crippen molar-refractivity contribution >= 4 is 28.2 Å². The van der Waals surface area contributed by atoms with Crippen LogP contribution < -0.4 is 29.6 Å². The molecule has 2 heterocycles. The predicted molar refractivity (Wildman–Crippen MR) is 175 cm³/mol. The maximum absolute atomic E-state index is 11.4. The number of likely N-dealkylation sites (N-methyl/N-ethyl adjacent to an activating group) is 1. The molecule has 2 unspecified atom stereocenters. The zero-order valence-electron chi connectivity index (χ0n) is 26.5. The van der Waals surface area contributed by atoms with Gasteiger partial charge in [0, 0.05) is 50.0 Å². The van der Waals surface area contributed by atoms with Crippen molar-refractivity contribution < 1.29 is 28.5 Å². The Kier molecular flexibility index (Phi) is 10.8. The molecule has 11 nitrogen and oxygen atoms in total. The summed E-state index contributed by atoms with van der Waals surface area (Å²) in [7, 11) is 3.16. The number of hydrogen-bond acceptors (Lipinski definition) is 10. The standard InChI is InChI=1S/C35H39N5O6/c1-23-20-40(21-24(2)45-23)14-5-15-43-33-17-31-30(16-32(33)42-4)35(25(18-36)19-38-31)39-26-6-8-28(9-7-26)46-29-12-10-27(11-13-29)44-22-34(41)37-3/h6-13,16-17,19,23-24H,5,14-15,20-22H2,1-4H3,(H,37,41)(H,38,39). The third kappa shape index (κ3) is 8.35. The van der Waals surface area contributed by atoms with Gasteiger partial charge in [-0.25, -0.2) is 0 Å². The second kappa shape index (κ2) is 15.3. The first-order chi connectivity index (χ1) is 22.3. The van der Waals surface area contributed by atoms with Gasteiger partial charge in [0.15, 0.2) is 18.1 Å². The molecule has 0 saturated carbocycles. The lowest BCUT2D eigenvalue weighted by molar-refractivity contribution is -0.122. The van der Waals surface area contributed by atoms with E-state index in [2.05, 4.69) is 40.4 Å². The van der Waals surface area contributed by atoms with Crippen LogP contribution in [-0.2, 0) is 9.53 Å². The highest BCUT2D eigenvalue weighted by molar-refractivity contribution is 5.97. The largest absolute Gasteiger partial charge is 0.493 e. The van der Waals surface area contributed by atoms with Crippen LogP contribution in [0.5, 0.6) is 28.7 Å². The van der Waals surface area contributed by atoms with E-state index in [-0.39, 0.29) is 24.7 Å². The van der Waals surface area contributed by atoms with E-state index in [1.807, 2.05) is 36.4 Å². The lowest BCUT2D eigenvalue weighted by Crippen LogP contribution is -2.45. The first kappa shape index (κ1) is 32.3. The van der Waals surface area contributed by atoms with E-state index in [1.165, 1.54) is 0 Å². The highest BCUT2D eigenvalue weighted by atomic mass is 16.5. The molecule has 0 aliphatic carbocycles. The van der Waals surface area contributed by atoms with E-state index in [1.54, 1.807) is 44.6 Å². The van der Waals surface area contributed by atoms with E-state index in [4.69, 9.17) is 23.7 Å². The van der Waals surface area contributed by atoms with Crippen LogP contribution in [-0.4, -0.2) is 75.0 Å². The van der Waals surface area contributed by atoms with Crippen LogP contribution in [0.4, 0.5) is 11.4 Å². The molecule has 2 atom stereocenters. The molecule has 1 fully saturated rings. The van der Waals surface area contributed by atoms with Gasteiger partial charge < -0.3 is 34.3 Å². The molecule has 1 aliphatic heterocycles. The van der Waals surface area contributed by atoms with Crippen LogP contribution in [0.1, 0.15) is 25.8 Å². The number of anilines is 2. The highest BCUT2D eigenvalue weighted by Gasteiger charge is 2.22. The van der Waals surface area contributed by atoms with Crippen LogP contribution >= 0.6 is 0 Å². The first-order valence-corrected chi connectivity index (χ1v) is 15.2. The molecule has 1 aliphatic rings. The van der Waals surface area contributed by atoms with E-state index >= 15 is 0 Å². The van der Waals surface area contributed by atoms with Gasteiger partial charge in [-0.1, -0.05) is 0 Å². The Morgan fingerprint density at radius 3 is 2.33 bits per heavy atom. The topological polar surface area (TPSA) is 127 Å². The van der Waals surface area contributed by atoms with Crippen LogP contribution in [0.25, 0.3) is 10.9 Å². The summed E-state index contributed by atoms with van der Waals surface area (Å²) < 4.78 is 29.1. The minimum Gasteiger partial charge on any atom is -0.493 e. The molecule has 1 saturated heterocycles. The third-order valence-corrected chi connectivity index (χ3v) is 7.48. The number of nitrogens with zero attached hydrogens (tertiary/aromatic N) is 3. The van der Waals surface area contributed by atoms with E-state index in [9.17, 15) is 10.1 Å². The highest BCUT2D eigenvalue weighted by Crippen LogP contribution is 2.37. The average Bonchev–Trinajstić information content (AvgIpc) is 3.06. The van der Waals surface area contributed by atoms with Gasteiger partial charge in [0.2, 0.25) is 0 Å². The fraction of sp³-hybridized carbons (Fsp3) is 0.343. The Morgan fingerprint density at radius 2 is 1.67 bits per heavy atom. The smallest absolute Gasteiger partial charge is 0.257 e. The number of carbonyl (C=O) groups is 1. The fourth-order valence-corrected chi connectivity index (χ4v) is 5.34. The number of ether oxygens (including phenoxy) is 5. The molecule has 2 N–H and O–H groups in total. The summed E-state index contributed by atoms with van der Waals surface area (Å²) >= 11 is 0. The van der Waals surface area contributed by atoms with Crippen molar-refractivity contribution in [1.29, 1.82) is 5.26 Å². The van der Waals surface area contributed by atoms with Crippen molar-refractivity contribution in [2.45, 2.75) is 32.5 Å². The number of aromatic nitrogens is 1. The number of morpholine rings is 1. The van der Waals surface area contributed by atoms with Gasteiger partial charge in [-0.15, -0.1) is 0 Å². The maximum Gasteiger partial charge on any atom is 0.257 e. The van der Waals surface area contributed by atoms with Gasteiger partial charge in [-0.05, 0) is 74.9 Å². The lowest BCUT2D eigenvalue weighted by atomic mass is 10.1. The maximum atomic E-state index is 11.4. The number of nitrogens with one attached hydrogen (secondary N) is 2. The van der Waals surface area contributed by atoms with Gasteiger partial charge in [0.25, 0.3) is 5.91 Å². The molecule has 240 valence electrons. The van der Waals surface area contributed by atoms with Gasteiger partial charge in [-0.3, -0.25) is 14.7 Å². The molecule has 0 radical (unpaired) electrons. The number of fused-ring (bicyclic) bond motifs is 1. The molecule has 46 heavy (non-hydrogen) atoms. The Bertz CT molecular complexity index is 1660. The fourth-order valence-electron chi connectivity index (χ4n) is 5.34. The monoisotopic (exact) mass is 625 g/mol. The number of amides is 1. The number of rotatable bonds is 13. The third-order valence-electron chi connectivity index (χ3n) is 7.48. The minimum atomic E-state index is -0.205. The molecule has 0 bridgehead atoms. The van der Waals surface area contributed by atoms with E-state index < -0.39 is 0 Å². The van der Waals surface area contributed by atoms with Gasteiger partial charge >= 0.3 is 0 Å². The molecular weight excluding hydrogens is 586 g/mol. The van der Waals surface area contributed by atoms with Gasteiger partial charge in [-0.2, -0.15) is 5.26 Å². The van der Waals surface area contributed by atoms with E-state index in [0.717, 1.165) is 37.1 Å². The molecule has 5 rings (SSSR count). The van der Waals surface area contributed by atoms with Crippen molar-refractivity contribution in [1.82, 2.24) is 15.2 Å². The summed E-state index contributed by atoms with van der Waals surface area (Å²) in [5.41, 5.74) is 2.46. The van der Waals surface area contributed by atoms with Gasteiger partial charge in [0.05, 0.1) is 42.7 Å². The molecule has 3 aromatic carbocycles. The first-order valence-electron chi connectivity index (χ1n) is 15.2. The number of hydrogen-bond donors (Lipinski definition) is 2. The second-order valence-electron chi connectivity index (χ2n) is 11.1. The Labute approximate surface area is 269 Å². The summed E-state index contributed by atoms with van der Waals surface area (Å²) in [5, 5.41) is 16.5. The average molecular weight is 626 g/mol. The van der Waals surface area contributed by atoms with Crippen LogP contribution in [0.3, 0.4) is 0 Å². The molecule has 1 amide bonds. The number of benzene rings is 3. The SMILES string of the molecule is CNC(=O)COc1ccc(Oc2ccc(Nc3c(C#N)cnc4cc(OCCCN5CC(C)OC(C)C5)c(OC)cc34)cc2)cc1. The van der Waals surface area contributed by atoms with E-state index in [0.29, 0.717) is 52.1 Å². The number of nitriles is 1. The lowest BCUT2D eigenvalue weighted by Gasteiger charge is -2.35. The van der Waals surface area contributed by atoms with Crippen LogP contribution in [0.2, 0.25) is 0 Å².